The molecule has 0 fully saturated rings. The minimum atomic E-state index is -0.933. The minimum absolute atomic E-state index is 0.123. The molecule has 2 N–H and O–H groups in total. The molecule has 4 nitrogen and oxygen atoms in total. The summed E-state index contributed by atoms with van der Waals surface area (Å²) < 4.78 is 0. The number of nitrogens with one attached hydrogen (secondary N) is 1. The van der Waals surface area contributed by atoms with Gasteiger partial charge in [0.05, 0.1) is 17.4 Å². The first-order chi connectivity index (χ1) is 7.46. The van der Waals surface area contributed by atoms with Crippen LogP contribution in [0.1, 0.15) is 44.0 Å². The van der Waals surface area contributed by atoms with Crippen molar-refractivity contribution in [3.63, 3.8) is 0 Å². The van der Waals surface area contributed by atoms with Crippen LogP contribution in [0.15, 0.2) is 18.5 Å². The first-order valence-electron chi connectivity index (χ1n) is 5.42. The van der Waals surface area contributed by atoms with E-state index >= 15 is 0 Å². The first kappa shape index (κ1) is 12.5. The maximum absolute atomic E-state index is 11.0. The van der Waals surface area contributed by atoms with Gasteiger partial charge in [-0.3, -0.25) is 4.98 Å². The Bertz CT molecular complexity index is 375. The van der Waals surface area contributed by atoms with E-state index in [-0.39, 0.29) is 11.1 Å². The second-order valence-corrected chi connectivity index (χ2v) is 4.49. The lowest BCUT2D eigenvalue weighted by Crippen LogP contribution is -2.31. The van der Waals surface area contributed by atoms with Gasteiger partial charge in [-0.1, -0.05) is 13.3 Å². The van der Waals surface area contributed by atoms with Crippen molar-refractivity contribution in [3.05, 3.63) is 24.0 Å². The molecule has 0 saturated carbocycles. The van der Waals surface area contributed by atoms with Gasteiger partial charge in [-0.15, -0.1) is 0 Å². The number of carboxylic acids is 1. The maximum atomic E-state index is 11.0. The molecular weight excluding hydrogens is 204 g/mol. The van der Waals surface area contributed by atoms with Crippen LogP contribution in [-0.4, -0.2) is 21.6 Å². The summed E-state index contributed by atoms with van der Waals surface area (Å²) in [6.45, 7) is 6.20. The van der Waals surface area contributed by atoms with Crippen molar-refractivity contribution < 1.29 is 9.90 Å². The van der Waals surface area contributed by atoms with Gasteiger partial charge in [0.1, 0.15) is 0 Å². The molecule has 0 atom stereocenters. The highest BCUT2D eigenvalue weighted by molar-refractivity contribution is 5.93. The summed E-state index contributed by atoms with van der Waals surface area (Å²) in [5.41, 5.74) is 0.717. The number of carbonyl (C=O) groups is 1. The summed E-state index contributed by atoms with van der Waals surface area (Å²) in [5.74, 6) is -0.933. The molecule has 88 valence electrons. The topological polar surface area (TPSA) is 62.2 Å². The average Bonchev–Trinajstić information content (AvgIpc) is 2.17. The first-order valence-corrected chi connectivity index (χ1v) is 5.42. The van der Waals surface area contributed by atoms with Gasteiger partial charge in [-0.2, -0.15) is 0 Å². The van der Waals surface area contributed by atoms with E-state index in [1.165, 1.54) is 12.3 Å². The van der Waals surface area contributed by atoms with Crippen molar-refractivity contribution in [3.8, 4) is 0 Å². The van der Waals surface area contributed by atoms with Crippen LogP contribution < -0.4 is 5.32 Å². The Labute approximate surface area is 95.7 Å². The molecule has 0 radical (unpaired) electrons. The summed E-state index contributed by atoms with van der Waals surface area (Å²) >= 11 is 0. The van der Waals surface area contributed by atoms with Crippen molar-refractivity contribution in [1.82, 2.24) is 4.98 Å². The fraction of sp³-hybridized carbons (Fsp3) is 0.500. The smallest absolute Gasteiger partial charge is 0.337 e. The number of rotatable bonds is 5. The molecule has 0 aliphatic heterocycles. The molecule has 0 aliphatic rings. The lowest BCUT2D eigenvalue weighted by Gasteiger charge is -2.27. The number of aromatic nitrogens is 1. The molecular formula is C12H18N2O2. The molecule has 0 spiro atoms. The van der Waals surface area contributed by atoms with Crippen LogP contribution in [0.25, 0.3) is 0 Å². The number of carboxylic acid groups (broad SMARTS) is 1. The highest BCUT2D eigenvalue weighted by Crippen LogP contribution is 2.21. The SMILES string of the molecule is CCCC(C)(C)Nc1cnccc1C(=O)O. The Morgan fingerprint density at radius 3 is 2.81 bits per heavy atom. The second-order valence-electron chi connectivity index (χ2n) is 4.49. The zero-order chi connectivity index (χ0) is 12.2. The van der Waals surface area contributed by atoms with Gasteiger partial charge < -0.3 is 10.4 Å². The van der Waals surface area contributed by atoms with E-state index in [0.29, 0.717) is 5.69 Å². The molecule has 1 rings (SSSR count). The van der Waals surface area contributed by atoms with Crippen LogP contribution in [0.3, 0.4) is 0 Å². The van der Waals surface area contributed by atoms with Crippen LogP contribution in [0, 0.1) is 0 Å². The highest BCUT2D eigenvalue weighted by atomic mass is 16.4. The predicted molar refractivity (Wildman–Crippen MR) is 63.8 cm³/mol. The van der Waals surface area contributed by atoms with E-state index in [9.17, 15) is 4.79 Å². The third-order valence-corrected chi connectivity index (χ3v) is 2.40. The van der Waals surface area contributed by atoms with Crippen LogP contribution in [0.5, 0.6) is 0 Å². The maximum Gasteiger partial charge on any atom is 0.337 e. The van der Waals surface area contributed by atoms with Crippen LogP contribution in [-0.2, 0) is 0 Å². The van der Waals surface area contributed by atoms with Gasteiger partial charge in [0, 0.05) is 11.7 Å². The number of nitrogens with zero attached hydrogens (tertiary/aromatic N) is 1. The number of anilines is 1. The fourth-order valence-corrected chi connectivity index (χ4v) is 1.73. The number of hydrogen-bond acceptors (Lipinski definition) is 3. The zero-order valence-electron chi connectivity index (χ0n) is 9.95. The van der Waals surface area contributed by atoms with Crippen LogP contribution in [0.4, 0.5) is 5.69 Å². The van der Waals surface area contributed by atoms with Gasteiger partial charge in [0.2, 0.25) is 0 Å². The number of hydrogen-bond donors (Lipinski definition) is 2. The predicted octanol–water partition coefficient (Wildman–Crippen LogP) is 2.77. The Balaban J connectivity index is 2.92. The zero-order valence-corrected chi connectivity index (χ0v) is 9.95. The van der Waals surface area contributed by atoms with Crippen molar-refractivity contribution in [2.45, 2.75) is 39.2 Å². The van der Waals surface area contributed by atoms with Crippen LogP contribution in [0.2, 0.25) is 0 Å². The standard InChI is InChI=1S/C12H18N2O2/c1-4-6-12(2,3)14-10-8-13-7-5-9(10)11(15)16/h5,7-8,14H,4,6H2,1-3H3,(H,15,16). The van der Waals surface area contributed by atoms with Gasteiger partial charge in [0.25, 0.3) is 0 Å². The Hall–Kier alpha value is -1.58. The average molecular weight is 222 g/mol. The Kier molecular flexibility index (Phi) is 3.88. The molecule has 0 amide bonds. The van der Waals surface area contributed by atoms with Crippen molar-refractivity contribution in [2.24, 2.45) is 0 Å². The number of aromatic carboxylic acids is 1. The summed E-state index contributed by atoms with van der Waals surface area (Å²) in [6, 6.07) is 1.51. The summed E-state index contributed by atoms with van der Waals surface area (Å²) in [7, 11) is 0. The molecule has 0 bridgehead atoms. The van der Waals surface area contributed by atoms with E-state index in [4.69, 9.17) is 5.11 Å². The molecule has 0 unspecified atom stereocenters. The van der Waals surface area contributed by atoms with Gasteiger partial charge in [-0.25, -0.2) is 4.79 Å². The third kappa shape index (κ3) is 3.22. The van der Waals surface area contributed by atoms with E-state index in [1.54, 1.807) is 6.20 Å². The summed E-state index contributed by atoms with van der Waals surface area (Å²) in [4.78, 5) is 14.9. The molecule has 1 aromatic heterocycles. The number of pyridine rings is 1. The molecule has 1 aromatic rings. The van der Waals surface area contributed by atoms with Crippen molar-refractivity contribution in [1.29, 1.82) is 0 Å². The second kappa shape index (κ2) is 4.96. The Morgan fingerprint density at radius 1 is 1.56 bits per heavy atom. The van der Waals surface area contributed by atoms with Gasteiger partial charge in [0.15, 0.2) is 0 Å². The largest absolute Gasteiger partial charge is 0.478 e. The lowest BCUT2D eigenvalue weighted by atomic mass is 9.98. The van der Waals surface area contributed by atoms with E-state index in [0.717, 1.165) is 12.8 Å². The lowest BCUT2D eigenvalue weighted by molar-refractivity contribution is 0.0697. The monoisotopic (exact) mass is 222 g/mol. The highest BCUT2D eigenvalue weighted by Gasteiger charge is 2.19. The third-order valence-electron chi connectivity index (χ3n) is 2.40. The minimum Gasteiger partial charge on any atom is -0.478 e. The van der Waals surface area contributed by atoms with E-state index < -0.39 is 5.97 Å². The molecule has 0 aliphatic carbocycles. The van der Waals surface area contributed by atoms with Crippen molar-refractivity contribution in [2.75, 3.05) is 5.32 Å². The fourth-order valence-electron chi connectivity index (χ4n) is 1.73. The Morgan fingerprint density at radius 2 is 2.25 bits per heavy atom. The molecule has 16 heavy (non-hydrogen) atoms. The molecule has 4 heteroatoms. The van der Waals surface area contributed by atoms with E-state index in [2.05, 4.69) is 31.1 Å². The van der Waals surface area contributed by atoms with E-state index in [1.807, 2.05) is 0 Å². The molecule has 0 aromatic carbocycles. The molecule has 0 saturated heterocycles. The van der Waals surface area contributed by atoms with Gasteiger partial charge in [-0.05, 0) is 26.3 Å². The summed E-state index contributed by atoms with van der Waals surface area (Å²) in [5, 5.41) is 12.3. The normalized spacial score (nSPS) is 11.2. The summed E-state index contributed by atoms with van der Waals surface area (Å²) in [6.07, 6.45) is 5.06. The molecule has 1 heterocycles. The van der Waals surface area contributed by atoms with Gasteiger partial charge >= 0.3 is 5.97 Å². The quantitative estimate of drug-likeness (QED) is 0.804. The van der Waals surface area contributed by atoms with Crippen molar-refractivity contribution >= 4 is 11.7 Å². The van der Waals surface area contributed by atoms with Crippen LogP contribution >= 0.6 is 0 Å².